The van der Waals surface area contributed by atoms with Gasteiger partial charge in [-0.3, -0.25) is 0 Å². The van der Waals surface area contributed by atoms with Gasteiger partial charge in [-0.15, -0.1) is 11.3 Å². The maximum atomic E-state index is 11.5. The van der Waals surface area contributed by atoms with Crippen molar-refractivity contribution in [2.75, 3.05) is 0 Å². The normalized spacial score (nSPS) is 11.0. The Balaban J connectivity index is 2.31. The minimum absolute atomic E-state index is 0.00413. The Hall–Kier alpha value is -1.34. The van der Waals surface area contributed by atoms with Crippen molar-refractivity contribution in [3.8, 4) is 16.3 Å². The number of carboxylic acids is 1. The molecule has 0 aliphatic rings. The van der Waals surface area contributed by atoms with Crippen LogP contribution in [-0.4, -0.2) is 20.9 Å². The first-order valence-electron chi connectivity index (χ1n) is 6.41. The molecule has 3 aromatic rings. The smallest absolute Gasteiger partial charge is 0.356 e. The van der Waals surface area contributed by atoms with Crippen LogP contribution in [0.3, 0.4) is 0 Å². The first-order valence-corrected chi connectivity index (χ1v) is 8.84. The lowest BCUT2D eigenvalue weighted by Gasteiger charge is -2.09. The fraction of sp³-hybridized carbons (Fsp3) is 0.0667. The van der Waals surface area contributed by atoms with E-state index in [-0.39, 0.29) is 5.69 Å². The molecule has 3 rings (SSSR count). The van der Waals surface area contributed by atoms with Crippen LogP contribution in [0.25, 0.3) is 16.3 Å². The minimum atomic E-state index is -1.08. The highest BCUT2D eigenvalue weighted by molar-refractivity contribution is 9.10. The molecule has 118 valence electrons. The lowest BCUT2D eigenvalue weighted by molar-refractivity contribution is 0.0689. The second-order valence-electron chi connectivity index (χ2n) is 4.76. The summed E-state index contributed by atoms with van der Waals surface area (Å²) in [7, 11) is 0. The first-order chi connectivity index (χ1) is 10.9. The summed E-state index contributed by atoms with van der Waals surface area (Å²) in [5, 5.41) is 16.4. The van der Waals surface area contributed by atoms with Crippen LogP contribution >= 0.6 is 50.5 Å². The van der Waals surface area contributed by atoms with Crippen molar-refractivity contribution in [3.05, 3.63) is 55.4 Å². The molecule has 0 spiro atoms. The van der Waals surface area contributed by atoms with E-state index in [4.69, 9.17) is 23.2 Å². The lowest BCUT2D eigenvalue weighted by atomic mass is 10.1. The van der Waals surface area contributed by atoms with Gasteiger partial charge in [0.05, 0.1) is 21.3 Å². The van der Waals surface area contributed by atoms with Crippen LogP contribution in [0, 0.1) is 6.92 Å². The summed E-state index contributed by atoms with van der Waals surface area (Å²) in [6.45, 7) is 1.74. The van der Waals surface area contributed by atoms with Crippen molar-refractivity contribution in [2.24, 2.45) is 0 Å². The Bertz CT molecular complexity index is 920. The molecule has 1 N–H and O–H groups in total. The number of benzene rings is 1. The van der Waals surface area contributed by atoms with Gasteiger partial charge in [0.15, 0.2) is 5.69 Å². The SMILES string of the molecule is Cc1c(C(=O)O)nn(-c2ccc(Cl)cc2Cl)c1-c1cc(Br)cs1. The van der Waals surface area contributed by atoms with Crippen molar-refractivity contribution in [1.29, 1.82) is 0 Å². The van der Waals surface area contributed by atoms with Crippen LogP contribution in [-0.2, 0) is 0 Å². The molecular weight excluding hydrogens is 423 g/mol. The first kappa shape index (κ1) is 16.5. The zero-order valence-corrected chi connectivity index (χ0v) is 15.6. The summed E-state index contributed by atoms with van der Waals surface area (Å²) < 4.78 is 2.47. The standard InChI is InChI=1S/C15H9BrCl2N2O2S/c1-7-13(15(21)22)19-20(11-3-2-9(17)5-10(11)18)14(7)12-4-8(16)6-23-12/h2-6H,1H3,(H,21,22). The third-order valence-corrected chi connectivity index (χ3v) is 5.50. The van der Waals surface area contributed by atoms with Gasteiger partial charge in [-0.2, -0.15) is 5.10 Å². The van der Waals surface area contributed by atoms with E-state index in [1.807, 2.05) is 11.4 Å². The van der Waals surface area contributed by atoms with Gasteiger partial charge < -0.3 is 5.11 Å². The number of nitrogens with zero attached hydrogens (tertiary/aromatic N) is 2. The van der Waals surface area contributed by atoms with E-state index in [9.17, 15) is 9.90 Å². The second-order valence-corrected chi connectivity index (χ2v) is 7.43. The quantitative estimate of drug-likeness (QED) is 0.580. The zero-order chi connectivity index (χ0) is 16.7. The van der Waals surface area contributed by atoms with Crippen molar-refractivity contribution < 1.29 is 9.90 Å². The molecule has 0 unspecified atom stereocenters. The molecule has 2 heterocycles. The molecule has 0 aliphatic heterocycles. The van der Waals surface area contributed by atoms with Crippen LogP contribution in [0.2, 0.25) is 10.0 Å². The Kier molecular flexibility index (Phi) is 4.51. The monoisotopic (exact) mass is 430 g/mol. The molecule has 0 radical (unpaired) electrons. The Morgan fingerprint density at radius 1 is 1.35 bits per heavy atom. The van der Waals surface area contributed by atoms with Crippen molar-refractivity contribution in [1.82, 2.24) is 9.78 Å². The van der Waals surface area contributed by atoms with Crippen LogP contribution in [0.4, 0.5) is 0 Å². The molecule has 4 nitrogen and oxygen atoms in total. The molecule has 0 aliphatic carbocycles. The molecule has 0 fully saturated rings. The van der Waals surface area contributed by atoms with Crippen LogP contribution < -0.4 is 0 Å². The number of rotatable bonds is 3. The van der Waals surface area contributed by atoms with Gasteiger partial charge in [0.1, 0.15) is 0 Å². The minimum Gasteiger partial charge on any atom is -0.476 e. The predicted octanol–water partition coefficient (Wildman–Crippen LogP) is 5.68. The highest BCUT2D eigenvalue weighted by Crippen LogP contribution is 2.36. The molecule has 0 atom stereocenters. The van der Waals surface area contributed by atoms with Crippen LogP contribution in [0.5, 0.6) is 0 Å². The maximum Gasteiger partial charge on any atom is 0.356 e. The Labute approximate surface area is 154 Å². The number of thiophene rings is 1. The average molecular weight is 432 g/mol. The van der Waals surface area contributed by atoms with Gasteiger partial charge in [-0.05, 0) is 47.1 Å². The van der Waals surface area contributed by atoms with Gasteiger partial charge in [0.2, 0.25) is 0 Å². The van der Waals surface area contributed by atoms with Crippen molar-refractivity contribution in [3.63, 3.8) is 0 Å². The average Bonchev–Trinajstić information content (AvgIpc) is 3.02. The number of hydrogen-bond donors (Lipinski definition) is 1. The van der Waals surface area contributed by atoms with Crippen LogP contribution in [0.15, 0.2) is 34.1 Å². The van der Waals surface area contributed by atoms with E-state index < -0.39 is 5.97 Å². The van der Waals surface area contributed by atoms with E-state index in [1.165, 1.54) is 11.3 Å². The van der Waals surface area contributed by atoms with Crippen molar-refractivity contribution >= 4 is 56.4 Å². The van der Waals surface area contributed by atoms with Crippen LogP contribution in [0.1, 0.15) is 16.1 Å². The number of aromatic nitrogens is 2. The number of carbonyl (C=O) groups is 1. The topological polar surface area (TPSA) is 55.1 Å². The molecule has 2 aromatic heterocycles. The summed E-state index contributed by atoms with van der Waals surface area (Å²) in [5.74, 6) is -1.08. The molecule has 0 saturated heterocycles. The highest BCUT2D eigenvalue weighted by Gasteiger charge is 2.23. The summed E-state index contributed by atoms with van der Waals surface area (Å²) in [6.07, 6.45) is 0. The largest absolute Gasteiger partial charge is 0.476 e. The van der Waals surface area contributed by atoms with Gasteiger partial charge in [0, 0.05) is 20.4 Å². The molecule has 0 amide bonds. The number of hydrogen-bond acceptors (Lipinski definition) is 3. The summed E-state index contributed by atoms with van der Waals surface area (Å²) in [6, 6.07) is 6.92. The Morgan fingerprint density at radius 2 is 2.09 bits per heavy atom. The van der Waals surface area contributed by atoms with Gasteiger partial charge >= 0.3 is 5.97 Å². The van der Waals surface area contributed by atoms with Gasteiger partial charge in [0.25, 0.3) is 0 Å². The van der Waals surface area contributed by atoms with Crippen molar-refractivity contribution in [2.45, 2.75) is 6.92 Å². The summed E-state index contributed by atoms with van der Waals surface area (Å²) >= 11 is 17.1. The zero-order valence-electron chi connectivity index (χ0n) is 11.7. The molecule has 1 aromatic carbocycles. The number of carboxylic acid groups (broad SMARTS) is 1. The molecule has 0 bridgehead atoms. The lowest BCUT2D eigenvalue weighted by Crippen LogP contribution is -2.02. The predicted molar refractivity (Wildman–Crippen MR) is 96.3 cm³/mol. The van der Waals surface area contributed by atoms with E-state index in [0.717, 1.165) is 9.35 Å². The summed E-state index contributed by atoms with van der Waals surface area (Å²) in [4.78, 5) is 12.3. The van der Waals surface area contributed by atoms with E-state index in [1.54, 1.807) is 29.8 Å². The molecular formula is C15H9BrCl2N2O2S. The third kappa shape index (κ3) is 3.04. The van der Waals surface area contributed by atoms with E-state index in [2.05, 4.69) is 21.0 Å². The third-order valence-electron chi connectivity index (χ3n) is 3.26. The van der Waals surface area contributed by atoms with E-state index in [0.29, 0.717) is 27.0 Å². The summed E-state index contributed by atoms with van der Waals surface area (Å²) in [5.41, 5.74) is 1.85. The Morgan fingerprint density at radius 3 is 2.65 bits per heavy atom. The van der Waals surface area contributed by atoms with E-state index >= 15 is 0 Å². The second kappa shape index (κ2) is 6.28. The fourth-order valence-electron chi connectivity index (χ4n) is 2.25. The highest BCUT2D eigenvalue weighted by atomic mass is 79.9. The fourth-order valence-corrected chi connectivity index (χ4v) is 4.26. The number of aromatic carboxylic acids is 1. The maximum absolute atomic E-state index is 11.5. The molecule has 0 saturated carbocycles. The number of halogens is 3. The van der Waals surface area contributed by atoms with Gasteiger partial charge in [-0.1, -0.05) is 23.2 Å². The molecule has 23 heavy (non-hydrogen) atoms. The van der Waals surface area contributed by atoms with Gasteiger partial charge in [-0.25, -0.2) is 9.48 Å². The molecule has 8 heteroatoms.